The summed E-state index contributed by atoms with van der Waals surface area (Å²) in [5.41, 5.74) is 0. The first-order chi connectivity index (χ1) is 10.1. The molecule has 2 amide bonds. The zero-order valence-electron chi connectivity index (χ0n) is 12.7. The number of aliphatic carboxylic acids is 1. The molecule has 1 aliphatic carbocycles. The molecule has 6 heteroatoms. The molecular formula is C15H26N2O4. The molecule has 6 nitrogen and oxygen atoms in total. The van der Waals surface area contributed by atoms with Gasteiger partial charge in [0.2, 0.25) is 0 Å². The monoisotopic (exact) mass is 298 g/mol. The highest BCUT2D eigenvalue weighted by molar-refractivity contribution is 5.82. The van der Waals surface area contributed by atoms with Gasteiger partial charge in [-0.15, -0.1) is 0 Å². The Morgan fingerprint density at radius 2 is 2.00 bits per heavy atom. The highest BCUT2D eigenvalue weighted by Gasteiger charge is 2.36. The Hall–Kier alpha value is -1.30. The molecular weight excluding hydrogens is 272 g/mol. The van der Waals surface area contributed by atoms with Gasteiger partial charge < -0.3 is 20.1 Å². The van der Waals surface area contributed by atoms with Crippen molar-refractivity contribution in [3.05, 3.63) is 0 Å². The third-order valence-corrected chi connectivity index (χ3v) is 4.71. The van der Waals surface area contributed by atoms with E-state index >= 15 is 0 Å². The second kappa shape index (κ2) is 7.64. The molecule has 0 radical (unpaired) electrons. The molecule has 1 aliphatic heterocycles. The summed E-state index contributed by atoms with van der Waals surface area (Å²) in [6, 6.07) is -0.805. The molecule has 2 rings (SSSR count). The van der Waals surface area contributed by atoms with Crippen LogP contribution in [0.5, 0.6) is 0 Å². The highest BCUT2D eigenvalue weighted by Crippen LogP contribution is 2.35. The number of nitrogens with one attached hydrogen (secondary N) is 1. The lowest BCUT2D eigenvalue weighted by Gasteiger charge is -2.44. The van der Waals surface area contributed by atoms with Crippen LogP contribution in [0.15, 0.2) is 0 Å². The number of likely N-dealkylation sites (tertiary alicyclic amines) is 1. The molecule has 21 heavy (non-hydrogen) atoms. The molecule has 0 aromatic rings. The third-order valence-electron chi connectivity index (χ3n) is 4.71. The van der Waals surface area contributed by atoms with Gasteiger partial charge in [0.1, 0.15) is 6.04 Å². The first kappa shape index (κ1) is 16.1. The summed E-state index contributed by atoms with van der Waals surface area (Å²) in [6.45, 7) is 1.06. The second-order valence-corrected chi connectivity index (χ2v) is 6.07. The number of carboxylic acid groups (broad SMARTS) is 1. The number of ether oxygens (including phenoxy) is 1. The normalized spacial score (nSPS) is 26.8. The Balaban J connectivity index is 1.95. The maximum absolute atomic E-state index is 12.4. The molecule has 1 heterocycles. The summed E-state index contributed by atoms with van der Waals surface area (Å²) in [6.07, 6.45) is 7.16. The quantitative estimate of drug-likeness (QED) is 0.811. The average molecular weight is 298 g/mol. The van der Waals surface area contributed by atoms with E-state index in [2.05, 4.69) is 5.32 Å². The largest absolute Gasteiger partial charge is 0.480 e. The van der Waals surface area contributed by atoms with E-state index in [1.165, 1.54) is 26.4 Å². The van der Waals surface area contributed by atoms with Crippen molar-refractivity contribution in [2.24, 2.45) is 5.92 Å². The van der Waals surface area contributed by atoms with Crippen molar-refractivity contribution < 1.29 is 19.4 Å². The summed E-state index contributed by atoms with van der Waals surface area (Å²) in [7, 11) is 1.53. The van der Waals surface area contributed by atoms with Crippen LogP contribution in [0.4, 0.5) is 4.79 Å². The van der Waals surface area contributed by atoms with Crippen molar-refractivity contribution in [1.82, 2.24) is 10.2 Å². The molecule has 0 aromatic carbocycles. The van der Waals surface area contributed by atoms with Crippen molar-refractivity contribution in [3.63, 3.8) is 0 Å². The summed E-state index contributed by atoms with van der Waals surface area (Å²) < 4.78 is 4.91. The first-order valence-corrected chi connectivity index (χ1v) is 7.92. The number of carbonyl (C=O) groups is 2. The second-order valence-electron chi connectivity index (χ2n) is 6.07. The van der Waals surface area contributed by atoms with Crippen molar-refractivity contribution in [2.45, 2.75) is 57.0 Å². The Bertz CT molecular complexity index is 373. The van der Waals surface area contributed by atoms with Crippen LogP contribution in [0.2, 0.25) is 0 Å². The van der Waals surface area contributed by atoms with E-state index in [0.29, 0.717) is 25.0 Å². The van der Waals surface area contributed by atoms with E-state index in [1.54, 1.807) is 0 Å². The molecule has 2 aliphatic rings. The van der Waals surface area contributed by atoms with Crippen molar-refractivity contribution in [2.75, 3.05) is 20.3 Å². The van der Waals surface area contributed by atoms with Gasteiger partial charge in [0.25, 0.3) is 0 Å². The third kappa shape index (κ3) is 4.09. The van der Waals surface area contributed by atoms with Crippen LogP contribution in [-0.4, -0.2) is 54.4 Å². The SMILES string of the molecule is COCCC(NC(=O)N1CCC[C@H]2CCCC[C@H]21)C(=O)O. The minimum Gasteiger partial charge on any atom is -0.480 e. The van der Waals surface area contributed by atoms with Crippen LogP contribution in [-0.2, 0) is 9.53 Å². The van der Waals surface area contributed by atoms with Gasteiger partial charge in [-0.1, -0.05) is 12.8 Å². The Kier molecular flexibility index (Phi) is 5.85. The first-order valence-electron chi connectivity index (χ1n) is 7.92. The van der Waals surface area contributed by atoms with Crippen LogP contribution >= 0.6 is 0 Å². The number of methoxy groups -OCH3 is 1. The van der Waals surface area contributed by atoms with Crippen LogP contribution in [0.3, 0.4) is 0 Å². The molecule has 0 spiro atoms. The van der Waals surface area contributed by atoms with Gasteiger partial charge in [0, 0.05) is 32.7 Å². The van der Waals surface area contributed by atoms with E-state index in [-0.39, 0.29) is 6.03 Å². The fraction of sp³-hybridized carbons (Fsp3) is 0.867. The molecule has 120 valence electrons. The summed E-state index contributed by atoms with van der Waals surface area (Å²) in [4.78, 5) is 25.5. The summed E-state index contributed by atoms with van der Waals surface area (Å²) >= 11 is 0. The number of piperidine rings is 1. The Labute approximate surface area is 125 Å². The zero-order valence-corrected chi connectivity index (χ0v) is 12.7. The van der Waals surface area contributed by atoms with Gasteiger partial charge in [0.15, 0.2) is 0 Å². The lowest BCUT2D eigenvalue weighted by atomic mass is 9.78. The van der Waals surface area contributed by atoms with Crippen molar-refractivity contribution in [3.8, 4) is 0 Å². The van der Waals surface area contributed by atoms with Crippen LogP contribution < -0.4 is 5.32 Å². The predicted octanol–water partition coefficient (Wildman–Crippen LogP) is 1.84. The number of rotatable bonds is 5. The fourth-order valence-corrected chi connectivity index (χ4v) is 3.60. The number of carboxylic acids is 1. The van der Waals surface area contributed by atoms with E-state index in [4.69, 9.17) is 4.74 Å². The molecule has 0 aromatic heterocycles. The highest BCUT2D eigenvalue weighted by atomic mass is 16.5. The van der Waals surface area contributed by atoms with Crippen LogP contribution in [0, 0.1) is 5.92 Å². The van der Waals surface area contributed by atoms with Gasteiger partial charge in [0.05, 0.1) is 0 Å². The summed E-state index contributed by atoms with van der Waals surface area (Å²) in [5, 5.41) is 11.9. The average Bonchev–Trinajstić information content (AvgIpc) is 2.50. The standard InChI is InChI=1S/C15H26N2O4/c1-21-10-8-12(14(18)19)16-15(20)17-9-4-6-11-5-2-3-7-13(11)17/h11-13H,2-10H2,1H3,(H,16,20)(H,18,19)/t11-,12?,13-/m1/s1. The van der Waals surface area contributed by atoms with Crippen LogP contribution in [0.25, 0.3) is 0 Å². The number of amides is 2. The van der Waals surface area contributed by atoms with E-state index < -0.39 is 12.0 Å². The van der Waals surface area contributed by atoms with E-state index in [1.807, 2.05) is 4.90 Å². The Morgan fingerprint density at radius 1 is 1.29 bits per heavy atom. The van der Waals surface area contributed by atoms with Gasteiger partial charge in [-0.25, -0.2) is 9.59 Å². The van der Waals surface area contributed by atoms with Crippen molar-refractivity contribution >= 4 is 12.0 Å². The predicted molar refractivity (Wildman–Crippen MR) is 78.1 cm³/mol. The molecule has 2 N–H and O–H groups in total. The topological polar surface area (TPSA) is 78.9 Å². The number of hydrogen-bond donors (Lipinski definition) is 2. The molecule has 1 unspecified atom stereocenters. The molecule has 1 saturated heterocycles. The van der Waals surface area contributed by atoms with Gasteiger partial charge in [-0.05, 0) is 31.6 Å². The molecule has 3 atom stereocenters. The number of urea groups is 1. The number of carbonyl (C=O) groups excluding carboxylic acids is 1. The number of fused-ring (bicyclic) bond motifs is 1. The zero-order chi connectivity index (χ0) is 15.2. The minimum absolute atomic E-state index is 0.227. The number of nitrogens with zero attached hydrogens (tertiary/aromatic N) is 1. The van der Waals surface area contributed by atoms with Gasteiger partial charge in [-0.3, -0.25) is 0 Å². The van der Waals surface area contributed by atoms with Gasteiger partial charge >= 0.3 is 12.0 Å². The molecule has 1 saturated carbocycles. The fourth-order valence-electron chi connectivity index (χ4n) is 3.60. The number of hydrogen-bond acceptors (Lipinski definition) is 3. The van der Waals surface area contributed by atoms with E-state index in [9.17, 15) is 14.7 Å². The van der Waals surface area contributed by atoms with Crippen LogP contribution in [0.1, 0.15) is 44.9 Å². The van der Waals surface area contributed by atoms with Gasteiger partial charge in [-0.2, -0.15) is 0 Å². The lowest BCUT2D eigenvalue weighted by Crippen LogP contribution is -2.56. The smallest absolute Gasteiger partial charge is 0.326 e. The maximum Gasteiger partial charge on any atom is 0.326 e. The molecule has 2 fully saturated rings. The summed E-state index contributed by atoms with van der Waals surface area (Å²) in [5.74, 6) is -0.405. The van der Waals surface area contributed by atoms with E-state index in [0.717, 1.165) is 25.8 Å². The Morgan fingerprint density at radius 3 is 2.71 bits per heavy atom. The maximum atomic E-state index is 12.4. The van der Waals surface area contributed by atoms with Crippen molar-refractivity contribution in [1.29, 1.82) is 0 Å². The molecule has 0 bridgehead atoms. The minimum atomic E-state index is -1.00. The lowest BCUT2D eigenvalue weighted by molar-refractivity contribution is -0.139.